The van der Waals surface area contributed by atoms with Crippen molar-refractivity contribution >= 4 is 11.6 Å². The van der Waals surface area contributed by atoms with E-state index in [-0.39, 0.29) is 11.1 Å². The second kappa shape index (κ2) is 6.12. The molecule has 1 atom stereocenters. The number of rotatable bonds is 5. The molecule has 0 fully saturated rings. The number of nitrogens with zero attached hydrogens (tertiary/aromatic N) is 2. The van der Waals surface area contributed by atoms with Crippen molar-refractivity contribution in [3.8, 4) is 11.5 Å². The molecule has 6 heteroatoms. The van der Waals surface area contributed by atoms with Crippen molar-refractivity contribution in [3.63, 3.8) is 0 Å². The summed E-state index contributed by atoms with van der Waals surface area (Å²) in [4.78, 5) is 0. The van der Waals surface area contributed by atoms with Crippen LogP contribution in [0.2, 0.25) is 5.02 Å². The van der Waals surface area contributed by atoms with Crippen LogP contribution in [0, 0.1) is 5.82 Å². The zero-order valence-corrected chi connectivity index (χ0v) is 11.5. The van der Waals surface area contributed by atoms with Gasteiger partial charge in [-0.2, -0.15) is 0 Å². The molecule has 0 aliphatic carbocycles. The fourth-order valence-electron chi connectivity index (χ4n) is 1.60. The number of halogens is 2. The van der Waals surface area contributed by atoms with Crippen LogP contribution in [-0.2, 0) is 0 Å². The lowest BCUT2D eigenvalue weighted by atomic mass is 10.2. The average molecular weight is 284 g/mol. The van der Waals surface area contributed by atoms with Gasteiger partial charge in [-0.3, -0.25) is 0 Å². The van der Waals surface area contributed by atoms with E-state index in [4.69, 9.17) is 16.0 Å². The SMILES string of the molecule is CCCNC(C)c1nnc(-c2ccc(F)c(Cl)c2)o1. The number of hydrogen-bond acceptors (Lipinski definition) is 4. The van der Waals surface area contributed by atoms with Gasteiger partial charge in [0.15, 0.2) is 0 Å². The minimum atomic E-state index is -0.469. The molecule has 0 saturated carbocycles. The molecular formula is C13H15ClFN3O. The Kier molecular flexibility index (Phi) is 4.50. The fraction of sp³-hybridized carbons (Fsp3) is 0.385. The topological polar surface area (TPSA) is 51.0 Å². The van der Waals surface area contributed by atoms with Gasteiger partial charge in [-0.15, -0.1) is 10.2 Å². The molecule has 102 valence electrons. The molecule has 0 spiro atoms. The van der Waals surface area contributed by atoms with Crippen molar-refractivity contribution < 1.29 is 8.81 Å². The molecule has 0 saturated heterocycles. The average Bonchev–Trinajstić information content (AvgIpc) is 2.89. The fourth-order valence-corrected chi connectivity index (χ4v) is 1.78. The molecule has 1 aromatic carbocycles. The van der Waals surface area contributed by atoms with Crippen LogP contribution in [0.1, 0.15) is 32.2 Å². The molecule has 0 amide bonds. The first-order chi connectivity index (χ1) is 9.11. The van der Waals surface area contributed by atoms with E-state index in [1.54, 1.807) is 6.07 Å². The lowest BCUT2D eigenvalue weighted by Gasteiger charge is -2.07. The van der Waals surface area contributed by atoms with Gasteiger partial charge in [-0.05, 0) is 38.1 Å². The Morgan fingerprint density at radius 1 is 1.42 bits per heavy atom. The Morgan fingerprint density at radius 2 is 2.21 bits per heavy atom. The minimum Gasteiger partial charge on any atom is -0.419 e. The van der Waals surface area contributed by atoms with Crippen molar-refractivity contribution in [3.05, 3.63) is 34.9 Å². The summed E-state index contributed by atoms with van der Waals surface area (Å²) in [5, 5.41) is 11.2. The molecule has 0 aliphatic heterocycles. The smallest absolute Gasteiger partial charge is 0.247 e. The van der Waals surface area contributed by atoms with E-state index in [1.807, 2.05) is 6.92 Å². The molecule has 2 aromatic rings. The maximum Gasteiger partial charge on any atom is 0.247 e. The van der Waals surface area contributed by atoms with Gasteiger partial charge in [-0.1, -0.05) is 18.5 Å². The van der Waals surface area contributed by atoms with Crippen LogP contribution < -0.4 is 5.32 Å². The van der Waals surface area contributed by atoms with Crippen molar-refractivity contribution in [2.75, 3.05) is 6.54 Å². The van der Waals surface area contributed by atoms with Gasteiger partial charge in [0.1, 0.15) is 5.82 Å². The maximum absolute atomic E-state index is 13.1. The normalized spacial score (nSPS) is 12.6. The highest BCUT2D eigenvalue weighted by Gasteiger charge is 2.15. The second-order valence-corrected chi connectivity index (χ2v) is 4.66. The van der Waals surface area contributed by atoms with Gasteiger partial charge >= 0.3 is 0 Å². The Balaban J connectivity index is 2.18. The van der Waals surface area contributed by atoms with Gasteiger partial charge in [0.25, 0.3) is 0 Å². The van der Waals surface area contributed by atoms with Crippen molar-refractivity contribution in [2.24, 2.45) is 0 Å². The lowest BCUT2D eigenvalue weighted by Crippen LogP contribution is -2.19. The van der Waals surface area contributed by atoms with E-state index in [1.165, 1.54) is 12.1 Å². The summed E-state index contributed by atoms with van der Waals surface area (Å²) < 4.78 is 18.6. The highest BCUT2D eigenvalue weighted by atomic mass is 35.5. The van der Waals surface area contributed by atoms with Crippen molar-refractivity contribution in [2.45, 2.75) is 26.3 Å². The molecule has 0 bridgehead atoms. The molecule has 1 unspecified atom stereocenters. The number of benzene rings is 1. The first-order valence-corrected chi connectivity index (χ1v) is 6.51. The predicted octanol–water partition coefficient (Wildman–Crippen LogP) is 3.59. The van der Waals surface area contributed by atoms with Crippen LogP contribution in [0.15, 0.2) is 22.6 Å². The molecule has 1 heterocycles. The van der Waals surface area contributed by atoms with Gasteiger partial charge in [0.05, 0.1) is 11.1 Å². The second-order valence-electron chi connectivity index (χ2n) is 4.25. The minimum absolute atomic E-state index is 0.0166. The molecule has 4 nitrogen and oxygen atoms in total. The van der Waals surface area contributed by atoms with Crippen LogP contribution >= 0.6 is 11.6 Å². The standard InChI is InChI=1S/C13H15ClFN3O/c1-3-6-16-8(2)12-17-18-13(19-12)9-4-5-11(15)10(14)7-9/h4-5,7-8,16H,3,6H2,1-2H3. The number of nitrogens with one attached hydrogen (secondary N) is 1. The Hall–Kier alpha value is -1.46. The summed E-state index contributed by atoms with van der Waals surface area (Å²) in [6.07, 6.45) is 1.03. The van der Waals surface area contributed by atoms with Crippen molar-refractivity contribution in [1.82, 2.24) is 15.5 Å². The number of hydrogen-bond donors (Lipinski definition) is 1. The van der Waals surface area contributed by atoms with Gasteiger partial charge in [0, 0.05) is 5.56 Å². The van der Waals surface area contributed by atoms with E-state index in [0.29, 0.717) is 17.3 Å². The summed E-state index contributed by atoms with van der Waals surface area (Å²) >= 11 is 5.72. The summed E-state index contributed by atoms with van der Waals surface area (Å²) in [5.41, 5.74) is 0.604. The number of aromatic nitrogens is 2. The third-order valence-corrected chi connectivity index (χ3v) is 2.97. The van der Waals surface area contributed by atoms with Crippen LogP contribution in [0.5, 0.6) is 0 Å². The monoisotopic (exact) mass is 283 g/mol. The van der Waals surface area contributed by atoms with Crippen LogP contribution in [0.25, 0.3) is 11.5 Å². The zero-order chi connectivity index (χ0) is 13.8. The largest absolute Gasteiger partial charge is 0.419 e. The third-order valence-electron chi connectivity index (χ3n) is 2.68. The first-order valence-electron chi connectivity index (χ1n) is 6.14. The summed E-state index contributed by atoms with van der Waals surface area (Å²) in [5.74, 6) is 0.370. The Bertz CT molecular complexity index is 559. The van der Waals surface area contributed by atoms with E-state index < -0.39 is 5.82 Å². The van der Waals surface area contributed by atoms with Crippen LogP contribution in [0.3, 0.4) is 0 Å². The van der Waals surface area contributed by atoms with Gasteiger partial charge in [-0.25, -0.2) is 4.39 Å². The van der Waals surface area contributed by atoms with E-state index >= 15 is 0 Å². The molecule has 1 N–H and O–H groups in total. The first kappa shape index (κ1) is 14.0. The van der Waals surface area contributed by atoms with E-state index in [9.17, 15) is 4.39 Å². The van der Waals surface area contributed by atoms with Crippen LogP contribution in [-0.4, -0.2) is 16.7 Å². The van der Waals surface area contributed by atoms with E-state index in [0.717, 1.165) is 13.0 Å². The highest BCUT2D eigenvalue weighted by molar-refractivity contribution is 6.31. The Morgan fingerprint density at radius 3 is 2.89 bits per heavy atom. The predicted molar refractivity (Wildman–Crippen MR) is 71.4 cm³/mol. The van der Waals surface area contributed by atoms with Gasteiger partial charge < -0.3 is 9.73 Å². The summed E-state index contributed by atoms with van der Waals surface area (Å²) in [6.45, 7) is 4.91. The van der Waals surface area contributed by atoms with Gasteiger partial charge in [0.2, 0.25) is 11.8 Å². The molecule has 2 rings (SSSR count). The highest BCUT2D eigenvalue weighted by Crippen LogP contribution is 2.25. The molecule has 0 radical (unpaired) electrons. The lowest BCUT2D eigenvalue weighted by molar-refractivity contribution is 0.423. The zero-order valence-electron chi connectivity index (χ0n) is 10.8. The van der Waals surface area contributed by atoms with Crippen LogP contribution in [0.4, 0.5) is 4.39 Å². The molecular weight excluding hydrogens is 269 g/mol. The summed E-state index contributed by atoms with van der Waals surface area (Å²) in [7, 11) is 0. The third kappa shape index (κ3) is 3.30. The molecule has 1 aromatic heterocycles. The summed E-state index contributed by atoms with van der Waals surface area (Å²) in [6, 6.07) is 4.29. The van der Waals surface area contributed by atoms with E-state index in [2.05, 4.69) is 22.4 Å². The maximum atomic E-state index is 13.1. The Labute approximate surface area is 116 Å². The van der Waals surface area contributed by atoms with Crippen molar-refractivity contribution in [1.29, 1.82) is 0 Å². The quantitative estimate of drug-likeness (QED) is 0.911. The molecule has 0 aliphatic rings. The molecule has 19 heavy (non-hydrogen) atoms.